The van der Waals surface area contributed by atoms with E-state index in [9.17, 15) is 9.13 Å². The van der Waals surface area contributed by atoms with Gasteiger partial charge in [0.25, 0.3) is 6.41 Å². The van der Waals surface area contributed by atoms with Gasteiger partial charge in [0.05, 0.1) is 19.0 Å². The number of hydrogen-bond donors (Lipinski definition) is 5. The van der Waals surface area contributed by atoms with Crippen molar-refractivity contribution in [3.05, 3.63) is 18.3 Å². The summed E-state index contributed by atoms with van der Waals surface area (Å²) in [5.74, 6) is 0.263. The number of rotatable bonds is 7. The molecule has 0 amide bonds. The van der Waals surface area contributed by atoms with E-state index in [1.165, 1.54) is 25.4 Å². The fourth-order valence-electron chi connectivity index (χ4n) is 1.04. The highest BCUT2D eigenvalue weighted by atomic mass is 31.2. The Bertz CT molecular complexity index is 500. The highest BCUT2D eigenvalue weighted by molar-refractivity contribution is 7.47. The first-order valence-electron chi connectivity index (χ1n) is 4.83. The van der Waals surface area contributed by atoms with E-state index in [4.69, 9.17) is 24.3 Å². The molecular weight excluding hydrogens is 318 g/mol. The summed E-state index contributed by atoms with van der Waals surface area (Å²) in [7, 11) is -8.69. The van der Waals surface area contributed by atoms with Crippen molar-refractivity contribution in [1.29, 1.82) is 0 Å². The Kier molecular flexibility index (Phi) is 5.63. The van der Waals surface area contributed by atoms with Crippen LogP contribution in [0.2, 0.25) is 0 Å². The second-order valence-corrected chi connectivity index (χ2v) is 5.64. The van der Waals surface area contributed by atoms with Crippen molar-refractivity contribution >= 4 is 21.3 Å². The molecule has 0 radical (unpaired) electrons. The molecule has 11 nitrogen and oxygen atoms in total. The minimum atomic E-state index is -5.04. The van der Waals surface area contributed by atoms with Gasteiger partial charge >= 0.3 is 15.6 Å². The molecule has 0 aliphatic heterocycles. The monoisotopic (exact) mass is 330 g/mol. The van der Waals surface area contributed by atoms with E-state index < -0.39 is 22.1 Å². The number of methoxy groups -OCH3 is 1. The standard InChI is InChI=1S/C7H12N2O9P2/c1-16-6-3-2-5(4-8-6)9-7(17-19(10,11)12)18-20(13,14)15/h2-4,7,9H,1H3,(H2,10,11,12)(H2,13,14,15). The SMILES string of the molecule is COc1ccc(NC(OP(=O)(O)O)OP(=O)(O)O)cn1. The molecule has 0 aliphatic carbocycles. The Morgan fingerprint density at radius 3 is 2.05 bits per heavy atom. The minimum Gasteiger partial charge on any atom is -0.481 e. The molecule has 0 saturated carbocycles. The van der Waals surface area contributed by atoms with E-state index in [-0.39, 0.29) is 11.6 Å². The average molecular weight is 330 g/mol. The summed E-state index contributed by atoms with van der Waals surface area (Å²) in [6, 6.07) is 2.76. The van der Waals surface area contributed by atoms with Crippen LogP contribution in [0.25, 0.3) is 0 Å². The quantitative estimate of drug-likeness (QED) is 0.337. The molecule has 0 bridgehead atoms. The summed E-state index contributed by atoms with van der Waals surface area (Å²) in [5, 5.41) is 2.20. The number of phosphoric acid groups is 2. The van der Waals surface area contributed by atoms with Crippen LogP contribution in [0, 0.1) is 0 Å². The largest absolute Gasteiger partial charge is 0.481 e. The Morgan fingerprint density at radius 2 is 1.70 bits per heavy atom. The summed E-state index contributed by atoms with van der Waals surface area (Å²) in [6.45, 7) is 0. The van der Waals surface area contributed by atoms with Gasteiger partial charge < -0.3 is 29.6 Å². The van der Waals surface area contributed by atoms with Crippen LogP contribution in [0.15, 0.2) is 18.3 Å². The maximum Gasteiger partial charge on any atom is 0.473 e. The minimum absolute atomic E-state index is 0.123. The molecule has 0 fully saturated rings. The number of hydrogen-bond acceptors (Lipinski definition) is 7. The molecule has 0 unspecified atom stereocenters. The van der Waals surface area contributed by atoms with Crippen LogP contribution in [-0.2, 0) is 18.2 Å². The molecule has 114 valence electrons. The highest BCUT2D eigenvalue weighted by Gasteiger charge is 2.29. The smallest absolute Gasteiger partial charge is 0.473 e. The molecule has 5 N–H and O–H groups in total. The zero-order valence-electron chi connectivity index (χ0n) is 9.98. The van der Waals surface area contributed by atoms with Crippen LogP contribution in [0.4, 0.5) is 5.69 Å². The average Bonchev–Trinajstić information content (AvgIpc) is 2.25. The third-order valence-corrected chi connectivity index (χ3v) is 2.63. The van der Waals surface area contributed by atoms with Crippen LogP contribution in [-0.4, -0.2) is 38.1 Å². The first kappa shape index (κ1) is 17.0. The molecule has 0 saturated heterocycles. The molecule has 0 spiro atoms. The molecule has 1 aromatic heterocycles. The van der Waals surface area contributed by atoms with Crippen LogP contribution in [0.5, 0.6) is 5.88 Å². The lowest BCUT2D eigenvalue weighted by atomic mass is 10.4. The number of anilines is 1. The molecule has 0 atom stereocenters. The fourth-order valence-corrected chi connectivity index (χ4v) is 1.80. The molecule has 1 rings (SSSR count). The van der Waals surface area contributed by atoms with E-state index in [1.807, 2.05) is 0 Å². The van der Waals surface area contributed by atoms with Gasteiger partial charge in [0.2, 0.25) is 5.88 Å². The Labute approximate surface area is 113 Å². The molecule has 0 aliphatic rings. The van der Waals surface area contributed by atoms with E-state index in [0.717, 1.165) is 0 Å². The molecule has 20 heavy (non-hydrogen) atoms. The van der Waals surface area contributed by atoms with Crippen LogP contribution in [0.1, 0.15) is 0 Å². The van der Waals surface area contributed by atoms with E-state index >= 15 is 0 Å². The Morgan fingerprint density at radius 1 is 1.15 bits per heavy atom. The predicted octanol–water partition coefficient (Wildman–Crippen LogP) is 0.00430. The molecule has 13 heteroatoms. The topological polar surface area (TPSA) is 168 Å². The number of aromatic nitrogens is 1. The van der Waals surface area contributed by atoms with Gasteiger partial charge in [-0.05, 0) is 6.07 Å². The summed E-state index contributed by atoms with van der Waals surface area (Å²) in [4.78, 5) is 38.3. The van der Waals surface area contributed by atoms with Crippen LogP contribution < -0.4 is 10.1 Å². The molecule has 1 heterocycles. The van der Waals surface area contributed by atoms with Crippen molar-refractivity contribution in [2.75, 3.05) is 12.4 Å². The van der Waals surface area contributed by atoms with Gasteiger partial charge in [-0.2, -0.15) is 0 Å². The lowest BCUT2D eigenvalue weighted by molar-refractivity contribution is -0.0126. The van der Waals surface area contributed by atoms with Gasteiger partial charge in [-0.15, -0.1) is 0 Å². The van der Waals surface area contributed by atoms with Gasteiger partial charge in [-0.3, -0.25) is 0 Å². The number of nitrogens with one attached hydrogen (secondary N) is 1. The van der Waals surface area contributed by atoms with Crippen molar-refractivity contribution in [3.8, 4) is 5.88 Å². The fraction of sp³-hybridized carbons (Fsp3) is 0.286. The number of nitrogens with zero attached hydrogens (tertiary/aromatic N) is 1. The van der Waals surface area contributed by atoms with Gasteiger partial charge in [-0.1, -0.05) is 0 Å². The first-order valence-corrected chi connectivity index (χ1v) is 7.89. The zero-order valence-corrected chi connectivity index (χ0v) is 11.8. The Balaban J connectivity index is 2.82. The molecule has 1 aromatic rings. The predicted molar refractivity (Wildman–Crippen MR) is 64.5 cm³/mol. The number of ether oxygens (including phenoxy) is 1. The lowest BCUT2D eigenvalue weighted by Gasteiger charge is -2.20. The summed E-state index contributed by atoms with van der Waals surface area (Å²) >= 11 is 0. The van der Waals surface area contributed by atoms with Crippen molar-refractivity contribution in [2.45, 2.75) is 6.41 Å². The normalized spacial score (nSPS) is 12.5. The third kappa shape index (κ3) is 6.94. The Hall–Kier alpha value is -1.03. The molecular formula is C7H12N2O9P2. The van der Waals surface area contributed by atoms with Gasteiger partial charge in [0, 0.05) is 6.07 Å². The van der Waals surface area contributed by atoms with Crippen molar-refractivity contribution in [1.82, 2.24) is 4.98 Å². The van der Waals surface area contributed by atoms with Crippen molar-refractivity contribution in [2.24, 2.45) is 0 Å². The van der Waals surface area contributed by atoms with E-state index in [1.54, 1.807) is 0 Å². The van der Waals surface area contributed by atoms with Crippen molar-refractivity contribution < 1.29 is 42.5 Å². The highest BCUT2D eigenvalue weighted by Crippen LogP contribution is 2.44. The van der Waals surface area contributed by atoms with E-state index in [2.05, 4.69) is 19.3 Å². The number of pyridine rings is 1. The first-order chi connectivity index (χ1) is 9.09. The maximum absolute atomic E-state index is 10.7. The summed E-state index contributed by atoms with van der Waals surface area (Å²) in [6.07, 6.45) is -0.899. The second kappa shape index (κ2) is 6.61. The van der Waals surface area contributed by atoms with E-state index in [0.29, 0.717) is 0 Å². The van der Waals surface area contributed by atoms with Crippen LogP contribution >= 0.6 is 15.6 Å². The van der Waals surface area contributed by atoms with Crippen LogP contribution in [0.3, 0.4) is 0 Å². The summed E-state index contributed by atoms with van der Waals surface area (Å²) < 4.78 is 34.3. The maximum atomic E-state index is 10.7. The molecule has 0 aromatic carbocycles. The zero-order chi connectivity index (χ0) is 15.4. The van der Waals surface area contributed by atoms with Gasteiger partial charge in [-0.25, -0.2) is 23.2 Å². The van der Waals surface area contributed by atoms with Gasteiger partial charge in [0.1, 0.15) is 0 Å². The third-order valence-electron chi connectivity index (χ3n) is 1.70. The number of phosphoric ester groups is 2. The lowest BCUT2D eigenvalue weighted by Crippen LogP contribution is -2.24. The van der Waals surface area contributed by atoms with Crippen molar-refractivity contribution in [3.63, 3.8) is 0 Å². The van der Waals surface area contributed by atoms with Gasteiger partial charge in [0.15, 0.2) is 0 Å². The summed E-state index contributed by atoms with van der Waals surface area (Å²) in [5.41, 5.74) is 0.123. The second-order valence-electron chi connectivity index (χ2n) is 3.26.